The van der Waals surface area contributed by atoms with Gasteiger partial charge in [0.25, 0.3) is 5.91 Å². The molecule has 0 radical (unpaired) electrons. The van der Waals surface area contributed by atoms with Crippen LogP contribution >= 0.6 is 0 Å². The normalized spacial score (nSPS) is 22.0. The van der Waals surface area contributed by atoms with Gasteiger partial charge in [-0.1, -0.05) is 0 Å². The summed E-state index contributed by atoms with van der Waals surface area (Å²) in [4.78, 5) is 18.7. The molecule has 2 atom stereocenters. The SMILES string of the molecule is O=C(c1ccc2c(c1)OCO2)N1CC[C@@H](O)[C@@H]1Cc1ccncc1. The molecule has 2 aliphatic rings. The molecule has 0 bridgehead atoms. The molecular formula is C18H18N2O4. The number of benzene rings is 1. The number of amides is 1. The van der Waals surface area contributed by atoms with Crippen LogP contribution in [0.2, 0.25) is 0 Å². The van der Waals surface area contributed by atoms with Crippen molar-refractivity contribution in [1.82, 2.24) is 9.88 Å². The average molecular weight is 326 g/mol. The van der Waals surface area contributed by atoms with Gasteiger partial charge in [0.05, 0.1) is 12.1 Å². The lowest BCUT2D eigenvalue weighted by Gasteiger charge is -2.26. The molecule has 4 rings (SSSR count). The van der Waals surface area contributed by atoms with E-state index in [1.807, 2.05) is 12.1 Å². The molecule has 3 heterocycles. The van der Waals surface area contributed by atoms with Gasteiger partial charge in [-0.2, -0.15) is 0 Å². The maximum absolute atomic E-state index is 12.9. The van der Waals surface area contributed by atoms with Crippen LogP contribution in [0.3, 0.4) is 0 Å². The van der Waals surface area contributed by atoms with E-state index in [1.165, 1.54) is 0 Å². The molecule has 2 aliphatic heterocycles. The van der Waals surface area contributed by atoms with Gasteiger partial charge >= 0.3 is 0 Å². The zero-order valence-electron chi connectivity index (χ0n) is 13.1. The zero-order chi connectivity index (χ0) is 16.5. The fourth-order valence-electron chi connectivity index (χ4n) is 3.29. The summed E-state index contributed by atoms with van der Waals surface area (Å²) in [7, 11) is 0. The lowest BCUT2D eigenvalue weighted by Crippen LogP contribution is -2.41. The minimum atomic E-state index is -0.517. The van der Waals surface area contributed by atoms with Crippen LogP contribution in [-0.2, 0) is 6.42 Å². The predicted octanol–water partition coefficient (Wildman–Crippen LogP) is 1.63. The molecule has 1 aromatic heterocycles. The quantitative estimate of drug-likeness (QED) is 0.928. The van der Waals surface area contributed by atoms with E-state index in [2.05, 4.69) is 4.98 Å². The van der Waals surface area contributed by atoms with E-state index >= 15 is 0 Å². The first-order valence-corrected chi connectivity index (χ1v) is 8.00. The lowest BCUT2D eigenvalue weighted by molar-refractivity contribution is 0.0639. The van der Waals surface area contributed by atoms with Crippen molar-refractivity contribution in [1.29, 1.82) is 0 Å². The molecule has 1 saturated heterocycles. The summed E-state index contributed by atoms with van der Waals surface area (Å²) < 4.78 is 10.6. The number of hydrogen-bond acceptors (Lipinski definition) is 5. The fraction of sp³-hybridized carbons (Fsp3) is 0.333. The average Bonchev–Trinajstić information content (AvgIpc) is 3.22. The summed E-state index contributed by atoms with van der Waals surface area (Å²) >= 11 is 0. The summed E-state index contributed by atoms with van der Waals surface area (Å²) in [6.45, 7) is 0.726. The second-order valence-corrected chi connectivity index (χ2v) is 6.05. The van der Waals surface area contributed by atoms with Crippen molar-refractivity contribution in [2.24, 2.45) is 0 Å². The molecule has 2 aromatic rings. The van der Waals surface area contributed by atoms with Crippen LogP contribution in [0.25, 0.3) is 0 Å². The van der Waals surface area contributed by atoms with Crippen LogP contribution in [0.1, 0.15) is 22.3 Å². The van der Waals surface area contributed by atoms with Crippen molar-refractivity contribution < 1.29 is 19.4 Å². The predicted molar refractivity (Wildman–Crippen MR) is 86.0 cm³/mol. The molecule has 1 fully saturated rings. The Balaban J connectivity index is 1.56. The highest BCUT2D eigenvalue weighted by molar-refractivity contribution is 5.95. The number of aromatic nitrogens is 1. The molecule has 1 amide bonds. The third-order valence-electron chi connectivity index (χ3n) is 4.58. The van der Waals surface area contributed by atoms with Crippen molar-refractivity contribution in [2.75, 3.05) is 13.3 Å². The minimum absolute atomic E-state index is 0.0936. The fourth-order valence-corrected chi connectivity index (χ4v) is 3.29. The van der Waals surface area contributed by atoms with Gasteiger partial charge in [-0.15, -0.1) is 0 Å². The number of fused-ring (bicyclic) bond motifs is 1. The van der Waals surface area contributed by atoms with Crippen molar-refractivity contribution in [2.45, 2.75) is 25.0 Å². The van der Waals surface area contributed by atoms with Gasteiger partial charge < -0.3 is 19.5 Å². The van der Waals surface area contributed by atoms with Gasteiger partial charge in [0.1, 0.15) is 0 Å². The van der Waals surface area contributed by atoms with Crippen LogP contribution in [0.4, 0.5) is 0 Å². The van der Waals surface area contributed by atoms with Crippen LogP contribution in [0.15, 0.2) is 42.7 Å². The third-order valence-corrected chi connectivity index (χ3v) is 4.58. The first kappa shape index (κ1) is 15.0. The van der Waals surface area contributed by atoms with E-state index in [0.29, 0.717) is 36.4 Å². The largest absolute Gasteiger partial charge is 0.454 e. The maximum Gasteiger partial charge on any atom is 0.254 e. The molecule has 0 saturated carbocycles. The van der Waals surface area contributed by atoms with E-state index in [0.717, 1.165) is 5.56 Å². The molecule has 0 aliphatic carbocycles. The van der Waals surface area contributed by atoms with Crippen LogP contribution in [0, 0.1) is 0 Å². The summed E-state index contributed by atoms with van der Waals surface area (Å²) in [5, 5.41) is 10.3. The molecule has 24 heavy (non-hydrogen) atoms. The number of carbonyl (C=O) groups excluding carboxylic acids is 1. The number of aliphatic hydroxyl groups is 1. The number of pyridine rings is 1. The van der Waals surface area contributed by atoms with E-state index in [-0.39, 0.29) is 18.7 Å². The standard InChI is InChI=1S/C18H18N2O4/c21-15-5-8-20(14(15)9-12-3-6-19-7-4-12)18(22)13-1-2-16-17(10-13)24-11-23-16/h1-4,6-7,10,14-15,21H,5,8-9,11H2/t14-,15+/m0/s1. The number of ether oxygens (including phenoxy) is 2. The molecule has 124 valence electrons. The number of hydrogen-bond donors (Lipinski definition) is 1. The smallest absolute Gasteiger partial charge is 0.254 e. The molecule has 0 spiro atoms. The van der Waals surface area contributed by atoms with Crippen LogP contribution in [0.5, 0.6) is 11.5 Å². The van der Waals surface area contributed by atoms with Gasteiger partial charge in [0, 0.05) is 24.5 Å². The second kappa shape index (κ2) is 6.13. The maximum atomic E-state index is 12.9. The number of nitrogens with zero attached hydrogens (tertiary/aromatic N) is 2. The zero-order valence-corrected chi connectivity index (χ0v) is 13.1. The third kappa shape index (κ3) is 2.69. The van der Waals surface area contributed by atoms with Gasteiger partial charge in [0.2, 0.25) is 6.79 Å². The van der Waals surface area contributed by atoms with E-state index in [4.69, 9.17) is 9.47 Å². The Morgan fingerprint density at radius 1 is 1.21 bits per heavy atom. The van der Waals surface area contributed by atoms with Crippen molar-refractivity contribution >= 4 is 5.91 Å². The summed E-state index contributed by atoms with van der Waals surface area (Å²) in [6.07, 6.45) is 4.13. The van der Waals surface area contributed by atoms with E-state index < -0.39 is 6.10 Å². The van der Waals surface area contributed by atoms with E-state index in [9.17, 15) is 9.90 Å². The molecule has 1 aromatic carbocycles. The van der Waals surface area contributed by atoms with Gasteiger partial charge in [-0.25, -0.2) is 0 Å². The molecule has 6 nitrogen and oxygen atoms in total. The summed E-state index contributed by atoms with van der Waals surface area (Å²) in [5.41, 5.74) is 1.60. The van der Waals surface area contributed by atoms with Gasteiger partial charge in [-0.05, 0) is 48.7 Å². The Hall–Kier alpha value is -2.60. The highest BCUT2D eigenvalue weighted by Crippen LogP contribution is 2.33. The lowest BCUT2D eigenvalue weighted by atomic mass is 10.0. The van der Waals surface area contributed by atoms with Gasteiger partial charge in [0.15, 0.2) is 11.5 Å². The van der Waals surface area contributed by atoms with Crippen LogP contribution < -0.4 is 9.47 Å². The minimum Gasteiger partial charge on any atom is -0.454 e. The first-order valence-electron chi connectivity index (χ1n) is 8.00. The number of rotatable bonds is 3. The number of aliphatic hydroxyl groups excluding tert-OH is 1. The topological polar surface area (TPSA) is 71.9 Å². The monoisotopic (exact) mass is 326 g/mol. The Kier molecular flexibility index (Phi) is 3.82. The summed E-state index contributed by atoms with van der Waals surface area (Å²) in [6, 6.07) is 8.79. The van der Waals surface area contributed by atoms with Crippen molar-refractivity contribution in [3.05, 3.63) is 53.9 Å². The Morgan fingerprint density at radius 2 is 2.00 bits per heavy atom. The summed E-state index contributed by atoms with van der Waals surface area (Å²) in [5.74, 6) is 1.15. The van der Waals surface area contributed by atoms with Crippen molar-refractivity contribution in [3.63, 3.8) is 0 Å². The Morgan fingerprint density at radius 3 is 2.83 bits per heavy atom. The number of likely N-dealkylation sites (tertiary alicyclic amines) is 1. The molecular weight excluding hydrogens is 308 g/mol. The van der Waals surface area contributed by atoms with E-state index in [1.54, 1.807) is 35.5 Å². The second-order valence-electron chi connectivity index (χ2n) is 6.05. The molecule has 0 unspecified atom stereocenters. The highest BCUT2D eigenvalue weighted by atomic mass is 16.7. The Labute approximate surface area is 139 Å². The van der Waals surface area contributed by atoms with Gasteiger partial charge in [-0.3, -0.25) is 9.78 Å². The Bertz CT molecular complexity index is 750. The van der Waals surface area contributed by atoms with Crippen LogP contribution in [-0.4, -0.2) is 46.4 Å². The molecule has 1 N–H and O–H groups in total. The molecule has 6 heteroatoms. The first-order chi connectivity index (χ1) is 11.7. The number of carbonyl (C=O) groups is 1. The van der Waals surface area contributed by atoms with Crippen molar-refractivity contribution in [3.8, 4) is 11.5 Å². The highest BCUT2D eigenvalue weighted by Gasteiger charge is 2.36.